The molecule has 0 unspecified atom stereocenters. The minimum Gasteiger partial charge on any atom is -0.205 e. The number of hydrogen-bond donors (Lipinski definition) is 0. The van der Waals surface area contributed by atoms with Crippen molar-refractivity contribution in [3.63, 3.8) is 0 Å². The van der Waals surface area contributed by atoms with Gasteiger partial charge in [-0.1, -0.05) is 23.2 Å². The molecule has 0 spiro atoms. The Morgan fingerprint density at radius 3 is 2.60 bits per heavy atom. The van der Waals surface area contributed by atoms with Crippen LogP contribution in [0.2, 0.25) is 10.0 Å². The minimum atomic E-state index is -0.463. The first-order valence-electron chi connectivity index (χ1n) is 4.10. The maximum atomic E-state index is 12.9. The molecule has 1 heterocycles. The monoisotopic (exact) mass is 242 g/mol. The molecule has 76 valence electrons. The lowest BCUT2D eigenvalue weighted by molar-refractivity contribution is 0.628. The molecule has 0 N–H and O–H groups in total. The normalized spacial score (nSPS) is 10.3. The van der Waals surface area contributed by atoms with E-state index < -0.39 is 5.82 Å². The summed E-state index contributed by atoms with van der Waals surface area (Å²) in [7, 11) is 0. The Labute approximate surface area is 95.7 Å². The molecule has 1 aromatic carbocycles. The Hall–Kier alpha value is -1.19. The van der Waals surface area contributed by atoms with Gasteiger partial charge in [0.25, 0.3) is 0 Å². The van der Waals surface area contributed by atoms with Gasteiger partial charge in [-0.15, -0.1) is 0 Å². The van der Waals surface area contributed by atoms with Crippen LogP contribution >= 0.6 is 23.2 Å². The lowest BCUT2D eigenvalue weighted by Gasteiger charge is -2.01. The Bertz CT molecular complexity index is 503. The molecule has 2 nitrogen and oxygen atoms in total. The van der Waals surface area contributed by atoms with Gasteiger partial charge in [0.15, 0.2) is 0 Å². The number of nitrogens with zero attached hydrogens (tertiary/aromatic N) is 2. The summed E-state index contributed by atoms with van der Waals surface area (Å²) in [6.45, 7) is 0. The van der Waals surface area contributed by atoms with Crippen LogP contribution in [0, 0.1) is 5.82 Å². The van der Waals surface area contributed by atoms with E-state index in [0.29, 0.717) is 16.3 Å². The maximum absolute atomic E-state index is 12.9. The van der Waals surface area contributed by atoms with E-state index in [4.69, 9.17) is 23.2 Å². The second kappa shape index (κ2) is 4.13. The zero-order valence-corrected chi connectivity index (χ0v) is 8.93. The Morgan fingerprint density at radius 2 is 1.93 bits per heavy atom. The Kier molecular flexibility index (Phi) is 2.84. The van der Waals surface area contributed by atoms with E-state index in [2.05, 4.69) is 10.2 Å². The summed E-state index contributed by atoms with van der Waals surface area (Å²) in [4.78, 5) is 0. The van der Waals surface area contributed by atoms with Crippen molar-refractivity contribution in [3.05, 3.63) is 46.3 Å². The molecule has 0 saturated heterocycles. The third-order valence-corrected chi connectivity index (χ3v) is 2.33. The second-order valence-electron chi connectivity index (χ2n) is 2.89. The van der Waals surface area contributed by atoms with Crippen molar-refractivity contribution in [1.82, 2.24) is 10.2 Å². The molecular formula is C10H5Cl2FN2. The molecule has 5 heteroatoms. The summed E-state index contributed by atoms with van der Waals surface area (Å²) in [5, 5.41) is 8.08. The highest BCUT2D eigenvalue weighted by Gasteiger charge is 2.05. The standard InChI is InChI=1S/C10H5Cl2FN2/c11-7-4-10(15-14-5-7)6-1-2-9(13)8(12)3-6/h1-5H. The van der Waals surface area contributed by atoms with Crippen LogP contribution in [-0.2, 0) is 0 Å². The third-order valence-electron chi connectivity index (χ3n) is 1.84. The van der Waals surface area contributed by atoms with Gasteiger partial charge in [0.1, 0.15) is 5.82 Å². The predicted octanol–water partition coefficient (Wildman–Crippen LogP) is 3.59. The first kappa shape index (κ1) is 10.3. The largest absolute Gasteiger partial charge is 0.205 e. The van der Waals surface area contributed by atoms with Gasteiger partial charge in [0.2, 0.25) is 0 Å². The van der Waals surface area contributed by atoms with Gasteiger partial charge < -0.3 is 0 Å². The minimum absolute atomic E-state index is 0.0503. The van der Waals surface area contributed by atoms with E-state index in [1.807, 2.05) is 0 Å². The third kappa shape index (κ3) is 2.25. The van der Waals surface area contributed by atoms with Gasteiger partial charge in [-0.05, 0) is 24.3 Å². The van der Waals surface area contributed by atoms with Crippen molar-refractivity contribution in [2.24, 2.45) is 0 Å². The van der Waals surface area contributed by atoms with Crippen LogP contribution in [0.25, 0.3) is 11.3 Å². The molecular weight excluding hydrogens is 238 g/mol. The molecule has 0 atom stereocenters. The van der Waals surface area contributed by atoms with Crippen LogP contribution in [0.4, 0.5) is 4.39 Å². The molecule has 0 fully saturated rings. The summed E-state index contributed by atoms with van der Waals surface area (Å²) in [6.07, 6.45) is 1.43. The summed E-state index contributed by atoms with van der Waals surface area (Å²) in [5.74, 6) is -0.463. The fourth-order valence-electron chi connectivity index (χ4n) is 1.14. The number of aromatic nitrogens is 2. The fraction of sp³-hybridized carbons (Fsp3) is 0. The molecule has 2 aromatic rings. The smallest absolute Gasteiger partial charge is 0.141 e. The molecule has 0 aliphatic rings. The number of halogens is 3. The first-order chi connectivity index (χ1) is 7.16. The SMILES string of the molecule is Fc1ccc(-c2cc(Cl)cnn2)cc1Cl. The van der Waals surface area contributed by atoms with Crippen molar-refractivity contribution in [3.8, 4) is 11.3 Å². The molecule has 0 aliphatic heterocycles. The highest BCUT2D eigenvalue weighted by atomic mass is 35.5. The molecule has 2 rings (SSSR count). The average Bonchev–Trinajstić information content (AvgIpc) is 2.22. The summed E-state index contributed by atoms with van der Waals surface area (Å²) in [5.41, 5.74) is 1.24. The quantitative estimate of drug-likeness (QED) is 0.764. The number of rotatable bonds is 1. The van der Waals surface area contributed by atoms with Gasteiger partial charge in [-0.25, -0.2) is 4.39 Å². The first-order valence-corrected chi connectivity index (χ1v) is 4.86. The summed E-state index contributed by atoms with van der Waals surface area (Å²) >= 11 is 11.4. The van der Waals surface area contributed by atoms with Crippen LogP contribution in [0.3, 0.4) is 0 Å². The zero-order chi connectivity index (χ0) is 10.8. The van der Waals surface area contributed by atoms with Crippen LogP contribution < -0.4 is 0 Å². The van der Waals surface area contributed by atoms with Crippen LogP contribution in [0.1, 0.15) is 0 Å². The molecule has 0 aliphatic carbocycles. The Balaban J connectivity index is 2.50. The number of hydrogen-bond acceptors (Lipinski definition) is 2. The van der Waals surface area contributed by atoms with E-state index in [1.165, 1.54) is 18.3 Å². The highest BCUT2D eigenvalue weighted by Crippen LogP contribution is 2.24. The summed E-state index contributed by atoms with van der Waals surface area (Å²) < 4.78 is 12.9. The molecule has 1 aromatic heterocycles. The Morgan fingerprint density at radius 1 is 1.13 bits per heavy atom. The lowest BCUT2D eigenvalue weighted by atomic mass is 10.1. The zero-order valence-electron chi connectivity index (χ0n) is 7.42. The van der Waals surface area contributed by atoms with Gasteiger partial charge in [-0.2, -0.15) is 10.2 Å². The van der Waals surface area contributed by atoms with Crippen molar-refractivity contribution >= 4 is 23.2 Å². The van der Waals surface area contributed by atoms with E-state index in [9.17, 15) is 4.39 Å². The topological polar surface area (TPSA) is 25.8 Å². The van der Waals surface area contributed by atoms with Crippen molar-refractivity contribution in [2.45, 2.75) is 0 Å². The van der Waals surface area contributed by atoms with Gasteiger partial charge in [0.05, 0.1) is 21.9 Å². The van der Waals surface area contributed by atoms with Gasteiger partial charge in [-0.3, -0.25) is 0 Å². The van der Waals surface area contributed by atoms with Crippen molar-refractivity contribution in [1.29, 1.82) is 0 Å². The maximum Gasteiger partial charge on any atom is 0.141 e. The van der Waals surface area contributed by atoms with Gasteiger partial charge >= 0.3 is 0 Å². The highest BCUT2D eigenvalue weighted by molar-refractivity contribution is 6.31. The molecule has 0 saturated carbocycles. The van der Waals surface area contributed by atoms with Crippen LogP contribution in [0.5, 0.6) is 0 Å². The fourth-order valence-corrected chi connectivity index (χ4v) is 1.47. The van der Waals surface area contributed by atoms with Crippen LogP contribution in [-0.4, -0.2) is 10.2 Å². The van der Waals surface area contributed by atoms with Crippen molar-refractivity contribution in [2.75, 3.05) is 0 Å². The second-order valence-corrected chi connectivity index (χ2v) is 3.73. The van der Waals surface area contributed by atoms with Crippen molar-refractivity contribution < 1.29 is 4.39 Å². The van der Waals surface area contributed by atoms with E-state index in [-0.39, 0.29) is 5.02 Å². The molecule has 0 amide bonds. The molecule has 0 radical (unpaired) electrons. The molecule has 15 heavy (non-hydrogen) atoms. The van der Waals surface area contributed by atoms with E-state index >= 15 is 0 Å². The van der Waals surface area contributed by atoms with Gasteiger partial charge in [0, 0.05) is 5.56 Å². The average molecular weight is 243 g/mol. The van der Waals surface area contributed by atoms with E-state index in [1.54, 1.807) is 12.1 Å². The van der Waals surface area contributed by atoms with Crippen LogP contribution in [0.15, 0.2) is 30.5 Å². The molecule has 0 bridgehead atoms. The number of benzene rings is 1. The summed E-state index contributed by atoms with van der Waals surface area (Å²) in [6, 6.07) is 5.97. The van der Waals surface area contributed by atoms with E-state index in [0.717, 1.165) is 0 Å². The lowest BCUT2D eigenvalue weighted by Crippen LogP contribution is -1.87. The predicted molar refractivity (Wildman–Crippen MR) is 57.4 cm³/mol.